The van der Waals surface area contributed by atoms with E-state index in [0.29, 0.717) is 61.1 Å². The molecule has 4 heterocycles. The molecule has 2 fully saturated rings. The van der Waals surface area contributed by atoms with Crippen LogP contribution in [0.1, 0.15) is 54.6 Å². The van der Waals surface area contributed by atoms with Crippen molar-refractivity contribution in [2.75, 3.05) is 56.0 Å². The number of piperazine rings is 1. The number of Topliss-reactive ketones (excluding diaryl/α,β-unsaturated/α-hetero) is 1. The molecular weight excluding hydrogens is 510 g/mol. The first-order valence-corrected chi connectivity index (χ1v) is 14.0. The molecule has 3 aromatic rings. The summed E-state index contributed by atoms with van der Waals surface area (Å²) in [4.78, 5) is 55.9. The van der Waals surface area contributed by atoms with E-state index in [-0.39, 0.29) is 28.9 Å². The highest BCUT2D eigenvalue weighted by Gasteiger charge is 2.26. The highest BCUT2D eigenvalue weighted by molar-refractivity contribution is 5.99. The van der Waals surface area contributed by atoms with E-state index in [0.717, 1.165) is 44.5 Å². The molecule has 1 amide bonds. The number of rotatable bonds is 9. The highest BCUT2D eigenvalue weighted by Crippen LogP contribution is 2.32. The van der Waals surface area contributed by atoms with Crippen molar-refractivity contribution >= 4 is 40.2 Å². The lowest BCUT2D eigenvalue weighted by molar-refractivity contribution is -0.130. The molecule has 212 valence electrons. The van der Waals surface area contributed by atoms with Crippen molar-refractivity contribution in [2.45, 2.75) is 45.6 Å². The highest BCUT2D eigenvalue weighted by atomic mass is 16.2. The Morgan fingerprint density at radius 1 is 1.07 bits per heavy atom. The summed E-state index contributed by atoms with van der Waals surface area (Å²) >= 11 is 0. The van der Waals surface area contributed by atoms with E-state index >= 15 is 0 Å². The topological polar surface area (TPSA) is 151 Å². The maximum Gasteiger partial charge on any atom is 0.263 e. The van der Waals surface area contributed by atoms with Crippen molar-refractivity contribution in [3.05, 3.63) is 46.0 Å². The van der Waals surface area contributed by atoms with Crippen molar-refractivity contribution in [1.29, 1.82) is 0 Å². The van der Waals surface area contributed by atoms with E-state index in [9.17, 15) is 14.4 Å². The largest absolute Gasteiger partial charge is 0.367 e. The fraction of sp³-hybridized carbons (Fsp3) is 0.500. The average molecular weight is 548 g/mol. The second-order valence-electron chi connectivity index (χ2n) is 10.5. The molecule has 1 aliphatic heterocycles. The van der Waals surface area contributed by atoms with Gasteiger partial charge in [0, 0.05) is 56.9 Å². The van der Waals surface area contributed by atoms with Crippen molar-refractivity contribution < 1.29 is 9.59 Å². The molecule has 1 saturated carbocycles. The van der Waals surface area contributed by atoms with Crippen LogP contribution in [-0.4, -0.2) is 81.9 Å². The SMILES string of the molecule is CC(=O)c1c(C)c2cnc(Nc3ccc(N4CCN(C(=O)CNCCN)CC4)cn3)nc2n(C2CCCC2)c1=O. The maximum atomic E-state index is 13.4. The maximum absolute atomic E-state index is 13.4. The summed E-state index contributed by atoms with van der Waals surface area (Å²) in [6.07, 6.45) is 7.34. The summed E-state index contributed by atoms with van der Waals surface area (Å²) in [6.45, 7) is 7.43. The molecule has 2 aliphatic rings. The Morgan fingerprint density at radius 2 is 1.82 bits per heavy atom. The normalized spacial score (nSPS) is 16.1. The lowest BCUT2D eigenvalue weighted by Gasteiger charge is -2.36. The van der Waals surface area contributed by atoms with Gasteiger partial charge in [0.05, 0.1) is 24.0 Å². The molecule has 5 rings (SSSR count). The Balaban J connectivity index is 1.31. The van der Waals surface area contributed by atoms with Crippen LogP contribution in [0.2, 0.25) is 0 Å². The number of hydrogen-bond donors (Lipinski definition) is 3. The van der Waals surface area contributed by atoms with Crippen molar-refractivity contribution in [3.63, 3.8) is 0 Å². The van der Waals surface area contributed by atoms with Crippen molar-refractivity contribution in [2.24, 2.45) is 5.73 Å². The average Bonchev–Trinajstić information content (AvgIpc) is 3.48. The number of amides is 1. The molecule has 40 heavy (non-hydrogen) atoms. The molecule has 1 saturated heterocycles. The Kier molecular flexibility index (Phi) is 8.36. The summed E-state index contributed by atoms with van der Waals surface area (Å²) in [5.41, 5.74) is 7.54. The minimum absolute atomic E-state index is 0.0202. The van der Waals surface area contributed by atoms with Crippen LogP contribution < -0.4 is 26.8 Å². The summed E-state index contributed by atoms with van der Waals surface area (Å²) in [5, 5.41) is 6.92. The molecule has 1 aliphatic carbocycles. The van der Waals surface area contributed by atoms with Gasteiger partial charge in [-0.05, 0) is 44.4 Å². The first-order valence-electron chi connectivity index (χ1n) is 14.0. The van der Waals surface area contributed by atoms with Crippen LogP contribution in [0.3, 0.4) is 0 Å². The van der Waals surface area contributed by atoms with Crippen LogP contribution in [0.15, 0.2) is 29.3 Å². The van der Waals surface area contributed by atoms with E-state index in [2.05, 4.69) is 25.5 Å². The Bertz CT molecular complexity index is 1440. The number of ketones is 1. The van der Waals surface area contributed by atoms with Gasteiger partial charge in [-0.3, -0.25) is 19.0 Å². The first-order chi connectivity index (χ1) is 19.4. The van der Waals surface area contributed by atoms with Crippen LogP contribution in [0.25, 0.3) is 11.0 Å². The third-order valence-electron chi connectivity index (χ3n) is 7.83. The summed E-state index contributed by atoms with van der Waals surface area (Å²) in [6, 6.07) is 3.87. The number of hydrogen-bond acceptors (Lipinski definition) is 10. The number of carbonyl (C=O) groups excluding carboxylic acids is 2. The number of nitrogens with zero attached hydrogens (tertiary/aromatic N) is 6. The van der Waals surface area contributed by atoms with Gasteiger partial charge in [-0.15, -0.1) is 0 Å². The molecule has 3 aromatic heterocycles. The molecule has 0 aromatic carbocycles. The standard InChI is InChI=1S/C28H37N9O3/c1-18-22-16-32-28(34-26(22)37(20-5-3-4-6-20)27(40)25(18)19(2)38)33-23-8-7-21(15-31-23)35-11-13-36(14-12-35)24(39)17-30-10-9-29/h7-8,15-16,20,30H,3-6,9-14,17,29H2,1-2H3,(H,31,32,33,34). The van der Waals surface area contributed by atoms with Gasteiger partial charge in [0.1, 0.15) is 11.5 Å². The van der Waals surface area contributed by atoms with Gasteiger partial charge in [-0.25, -0.2) is 9.97 Å². The van der Waals surface area contributed by atoms with E-state index < -0.39 is 0 Å². The van der Waals surface area contributed by atoms with Crippen LogP contribution >= 0.6 is 0 Å². The predicted octanol–water partition coefficient (Wildman–Crippen LogP) is 1.75. The third-order valence-corrected chi connectivity index (χ3v) is 7.83. The molecule has 12 nitrogen and oxygen atoms in total. The molecule has 12 heteroatoms. The number of carbonyl (C=O) groups is 2. The zero-order valence-electron chi connectivity index (χ0n) is 23.2. The third kappa shape index (κ3) is 5.68. The monoisotopic (exact) mass is 547 g/mol. The first kappa shape index (κ1) is 27.7. The molecule has 0 atom stereocenters. The van der Waals surface area contributed by atoms with Crippen LogP contribution in [0.5, 0.6) is 0 Å². The Labute approximate surface area is 233 Å². The number of aryl methyl sites for hydroxylation is 1. The van der Waals surface area contributed by atoms with Crippen molar-refractivity contribution in [1.82, 2.24) is 29.7 Å². The number of nitrogens with two attached hydrogens (primary N) is 1. The van der Waals surface area contributed by atoms with E-state index in [1.807, 2.05) is 17.0 Å². The predicted molar refractivity (Wildman–Crippen MR) is 154 cm³/mol. The van der Waals surface area contributed by atoms with Gasteiger partial charge in [0.15, 0.2) is 5.78 Å². The lowest BCUT2D eigenvalue weighted by atomic mass is 10.0. The number of pyridine rings is 2. The molecule has 0 radical (unpaired) electrons. The molecular formula is C28H37N9O3. The number of fused-ring (bicyclic) bond motifs is 1. The minimum Gasteiger partial charge on any atom is -0.367 e. The Morgan fingerprint density at radius 3 is 2.48 bits per heavy atom. The number of aromatic nitrogens is 4. The van der Waals surface area contributed by atoms with Crippen LogP contribution in [0, 0.1) is 6.92 Å². The Hall–Kier alpha value is -3.90. The molecule has 0 unspecified atom stereocenters. The molecule has 0 bridgehead atoms. The zero-order valence-corrected chi connectivity index (χ0v) is 23.2. The minimum atomic E-state index is -0.273. The quantitative estimate of drug-likeness (QED) is 0.267. The van der Waals surface area contributed by atoms with Gasteiger partial charge in [0.2, 0.25) is 11.9 Å². The second-order valence-corrected chi connectivity index (χ2v) is 10.5. The van der Waals surface area contributed by atoms with Crippen LogP contribution in [0.4, 0.5) is 17.5 Å². The second kappa shape index (κ2) is 12.1. The van der Waals surface area contributed by atoms with E-state index in [1.165, 1.54) is 6.92 Å². The fourth-order valence-electron chi connectivity index (χ4n) is 5.69. The van der Waals surface area contributed by atoms with Gasteiger partial charge in [-0.2, -0.15) is 4.98 Å². The zero-order chi connectivity index (χ0) is 28.2. The molecule has 0 spiro atoms. The summed E-state index contributed by atoms with van der Waals surface area (Å²) < 4.78 is 1.70. The molecule has 4 N–H and O–H groups in total. The summed E-state index contributed by atoms with van der Waals surface area (Å²) in [5.74, 6) is 0.765. The van der Waals surface area contributed by atoms with E-state index in [1.54, 1.807) is 23.9 Å². The van der Waals surface area contributed by atoms with E-state index in [4.69, 9.17) is 10.7 Å². The van der Waals surface area contributed by atoms with Gasteiger partial charge in [-0.1, -0.05) is 12.8 Å². The fourth-order valence-corrected chi connectivity index (χ4v) is 5.69. The summed E-state index contributed by atoms with van der Waals surface area (Å²) in [7, 11) is 0. The smallest absolute Gasteiger partial charge is 0.263 e. The van der Waals surface area contributed by atoms with Gasteiger partial charge < -0.3 is 26.2 Å². The van der Waals surface area contributed by atoms with Gasteiger partial charge >= 0.3 is 0 Å². The van der Waals surface area contributed by atoms with Crippen LogP contribution in [-0.2, 0) is 4.79 Å². The number of anilines is 3. The van der Waals surface area contributed by atoms with Crippen molar-refractivity contribution in [3.8, 4) is 0 Å². The number of nitrogens with one attached hydrogen (secondary N) is 2. The van der Waals surface area contributed by atoms with Gasteiger partial charge in [0.25, 0.3) is 5.56 Å². The lowest BCUT2D eigenvalue weighted by Crippen LogP contribution is -2.51.